The maximum Gasteiger partial charge on any atom is 0.269 e. The van der Waals surface area contributed by atoms with Crippen molar-refractivity contribution in [2.45, 2.75) is 6.10 Å². The average Bonchev–Trinajstić information content (AvgIpc) is 2.50. The fraction of sp³-hybridized carbons (Fsp3) is 0.133. The number of nitro benzene ring substituents is 1. The van der Waals surface area contributed by atoms with Gasteiger partial charge in [0.25, 0.3) is 5.69 Å². The standard InChI is InChI=1S/C15H13BrN2O4/c16-12-3-6-14(19)11(7-12)8-17-9-15(20)10-1-4-13(5-2-10)18(21)22/h1-8,15,19-20H,9H2/t15-/m0/s1. The third-order valence-electron chi connectivity index (χ3n) is 2.99. The van der Waals surface area contributed by atoms with Crippen LogP contribution in [-0.2, 0) is 0 Å². The molecule has 0 amide bonds. The Morgan fingerprint density at radius 1 is 1.27 bits per heavy atom. The second kappa shape index (κ2) is 7.15. The van der Waals surface area contributed by atoms with Crippen LogP contribution in [0.1, 0.15) is 17.2 Å². The molecule has 0 heterocycles. The molecule has 2 N–H and O–H groups in total. The molecule has 22 heavy (non-hydrogen) atoms. The zero-order valence-corrected chi connectivity index (χ0v) is 13.0. The molecule has 0 bridgehead atoms. The third-order valence-corrected chi connectivity index (χ3v) is 3.48. The van der Waals surface area contributed by atoms with Crippen LogP contribution < -0.4 is 0 Å². The van der Waals surface area contributed by atoms with Crippen molar-refractivity contribution in [2.24, 2.45) is 4.99 Å². The molecule has 2 rings (SSSR count). The summed E-state index contributed by atoms with van der Waals surface area (Å²) in [6.07, 6.45) is 0.598. The van der Waals surface area contributed by atoms with Crippen molar-refractivity contribution in [3.63, 3.8) is 0 Å². The van der Waals surface area contributed by atoms with Crippen molar-refractivity contribution in [3.8, 4) is 5.75 Å². The third kappa shape index (κ3) is 4.12. The van der Waals surface area contributed by atoms with Crippen LogP contribution in [-0.4, -0.2) is 27.9 Å². The van der Waals surface area contributed by atoms with Crippen molar-refractivity contribution >= 4 is 27.8 Å². The number of aliphatic hydroxyl groups excluding tert-OH is 1. The van der Waals surface area contributed by atoms with E-state index < -0.39 is 11.0 Å². The first-order valence-corrected chi connectivity index (χ1v) is 7.17. The molecular weight excluding hydrogens is 352 g/mol. The van der Waals surface area contributed by atoms with Crippen LogP contribution in [0, 0.1) is 10.1 Å². The molecule has 0 aromatic heterocycles. The fourth-order valence-electron chi connectivity index (χ4n) is 1.80. The number of hydrogen-bond donors (Lipinski definition) is 2. The van der Waals surface area contributed by atoms with Crippen molar-refractivity contribution in [2.75, 3.05) is 6.54 Å². The van der Waals surface area contributed by atoms with E-state index in [0.29, 0.717) is 11.1 Å². The van der Waals surface area contributed by atoms with Gasteiger partial charge in [0.15, 0.2) is 0 Å². The van der Waals surface area contributed by atoms with Gasteiger partial charge in [0.05, 0.1) is 17.6 Å². The first kappa shape index (κ1) is 16.1. The van der Waals surface area contributed by atoms with Crippen LogP contribution in [0.25, 0.3) is 0 Å². The minimum Gasteiger partial charge on any atom is -0.507 e. The highest BCUT2D eigenvalue weighted by atomic mass is 79.9. The van der Waals surface area contributed by atoms with Crippen molar-refractivity contribution in [1.82, 2.24) is 0 Å². The van der Waals surface area contributed by atoms with Gasteiger partial charge in [0, 0.05) is 28.4 Å². The Morgan fingerprint density at radius 3 is 2.59 bits per heavy atom. The number of aliphatic hydroxyl groups is 1. The lowest BCUT2D eigenvalue weighted by Crippen LogP contribution is -2.02. The molecule has 0 aliphatic carbocycles. The topological polar surface area (TPSA) is 96.0 Å². The van der Waals surface area contributed by atoms with E-state index in [9.17, 15) is 20.3 Å². The van der Waals surface area contributed by atoms with Gasteiger partial charge in [-0.1, -0.05) is 15.9 Å². The van der Waals surface area contributed by atoms with Gasteiger partial charge in [-0.25, -0.2) is 0 Å². The summed E-state index contributed by atoms with van der Waals surface area (Å²) in [5.74, 6) is 0.0942. The van der Waals surface area contributed by atoms with Crippen LogP contribution in [0.4, 0.5) is 5.69 Å². The van der Waals surface area contributed by atoms with E-state index in [2.05, 4.69) is 20.9 Å². The Hall–Kier alpha value is -2.25. The maximum atomic E-state index is 10.6. The van der Waals surface area contributed by atoms with E-state index in [-0.39, 0.29) is 18.0 Å². The molecule has 0 saturated carbocycles. The summed E-state index contributed by atoms with van der Waals surface area (Å²) >= 11 is 3.30. The predicted molar refractivity (Wildman–Crippen MR) is 86.3 cm³/mol. The van der Waals surface area contributed by atoms with Gasteiger partial charge in [-0.05, 0) is 35.9 Å². The monoisotopic (exact) mass is 364 g/mol. The molecule has 1 atom stereocenters. The second-order valence-corrected chi connectivity index (χ2v) is 5.48. The van der Waals surface area contributed by atoms with E-state index in [4.69, 9.17) is 0 Å². The zero-order chi connectivity index (χ0) is 16.1. The molecule has 0 aliphatic rings. The number of phenols is 1. The second-order valence-electron chi connectivity index (χ2n) is 4.56. The molecule has 0 aliphatic heterocycles. The Labute approximate surface area is 135 Å². The smallest absolute Gasteiger partial charge is 0.269 e. The summed E-state index contributed by atoms with van der Waals surface area (Å²) in [6, 6.07) is 10.6. The highest BCUT2D eigenvalue weighted by Gasteiger charge is 2.09. The lowest BCUT2D eigenvalue weighted by Gasteiger charge is -2.07. The molecule has 0 spiro atoms. The fourth-order valence-corrected chi connectivity index (χ4v) is 2.18. The number of phenolic OH excluding ortho intramolecular Hbond substituents is 1. The number of halogens is 1. The summed E-state index contributed by atoms with van der Waals surface area (Å²) < 4.78 is 0.808. The molecule has 6 nitrogen and oxygen atoms in total. The maximum absolute atomic E-state index is 10.6. The molecule has 0 fully saturated rings. The lowest BCUT2D eigenvalue weighted by molar-refractivity contribution is -0.384. The Balaban J connectivity index is 2.02. The normalized spacial score (nSPS) is 12.5. The lowest BCUT2D eigenvalue weighted by atomic mass is 10.1. The van der Waals surface area contributed by atoms with Gasteiger partial charge >= 0.3 is 0 Å². The molecule has 7 heteroatoms. The first-order chi connectivity index (χ1) is 10.5. The number of nitrogens with zero attached hydrogens (tertiary/aromatic N) is 2. The van der Waals surface area contributed by atoms with Crippen LogP contribution in [0.2, 0.25) is 0 Å². The Kier molecular flexibility index (Phi) is 5.24. The van der Waals surface area contributed by atoms with Crippen LogP contribution >= 0.6 is 15.9 Å². The number of non-ortho nitro benzene ring substituents is 1. The SMILES string of the molecule is O=[N+]([O-])c1ccc([C@@H](O)CN=Cc2cc(Br)ccc2O)cc1. The number of rotatable bonds is 5. The summed E-state index contributed by atoms with van der Waals surface area (Å²) in [4.78, 5) is 14.2. The van der Waals surface area contributed by atoms with Gasteiger partial charge in [0.1, 0.15) is 5.75 Å². The summed E-state index contributed by atoms with van der Waals surface area (Å²) in [5, 5.41) is 30.2. The van der Waals surface area contributed by atoms with Gasteiger partial charge in [-0.3, -0.25) is 15.1 Å². The predicted octanol–water partition coefficient (Wildman–Crippen LogP) is 3.22. The minimum atomic E-state index is -0.869. The van der Waals surface area contributed by atoms with E-state index in [0.717, 1.165) is 4.47 Å². The van der Waals surface area contributed by atoms with Gasteiger partial charge in [-0.15, -0.1) is 0 Å². The average molecular weight is 365 g/mol. The minimum absolute atomic E-state index is 0.0292. The molecule has 0 radical (unpaired) electrons. The van der Waals surface area contributed by atoms with Crippen LogP contribution in [0.3, 0.4) is 0 Å². The number of benzene rings is 2. The van der Waals surface area contributed by atoms with Gasteiger partial charge in [-0.2, -0.15) is 0 Å². The number of hydrogen-bond acceptors (Lipinski definition) is 5. The highest BCUT2D eigenvalue weighted by molar-refractivity contribution is 9.10. The van der Waals surface area contributed by atoms with Crippen LogP contribution in [0.5, 0.6) is 5.75 Å². The zero-order valence-electron chi connectivity index (χ0n) is 11.4. The van der Waals surface area contributed by atoms with Gasteiger partial charge in [0.2, 0.25) is 0 Å². The molecule has 2 aromatic carbocycles. The van der Waals surface area contributed by atoms with Crippen LogP contribution in [0.15, 0.2) is 51.9 Å². The molecule has 0 saturated heterocycles. The van der Waals surface area contributed by atoms with E-state index in [1.54, 1.807) is 12.1 Å². The van der Waals surface area contributed by atoms with E-state index >= 15 is 0 Å². The Bertz CT molecular complexity index is 701. The van der Waals surface area contributed by atoms with Crippen molar-refractivity contribution in [1.29, 1.82) is 0 Å². The largest absolute Gasteiger partial charge is 0.507 e. The van der Waals surface area contributed by atoms with Crippen molar-refractivity contribution in [3.05, 3.63) is 68.2 Å². The summed E-state index contributed by atoms with van der Waals surface area (Å²) in [5.41, 5.74) is 1.05. The number of nitro groups is 1. The number of aromatic hydroxyl groups is 1. The highest BCUT2D eigenvalue weighted by Crippen LogP contribution is 2.21. The molecular formula is C15H13BrN2O4. The molecule has 2 aromatic rings. The summed E-state index contributed by atoms with van der Waals surface area (Å²) in [6.45, 7) is 0.0871. The van der Waals surface area contributed by atoms with E-state index in [1.165, 1.54) is 36.5 Å². The van der Waals surface area contributed by atoms with Gasteiger partial charge < -0.3 is 10.2 Å². The first-order valence-electron chi connectivity index (χ1n) is 6.38. The van der Waals surface area contributed by atoms with Crippen molar-refractivity contribution < 1.29 is 15.1 Å². The molecule has 114 valence electrons. The molecule has 0 unspecified atom stereocenters. The Morgan fingerprint density at radius 2 is 1.95 bits per heavy atom. The quantitative estimate of drug-likeness (QED) is 0.483. The van der Waals surface area contributed by atoms with E-state index in [1.807, 2.05) is 0 Å². The number of aliphatic imine (C=N–C) groups is 1. The summed E-state index contributed by atoms with van der Waals surface area (Å²) in [7, 11) is 0.